The number of carboxylic acid groups (broad SMARTS) is 1. The van der Waals surface area contributed by atoms with Crippen molar-refractivity contribution < 1.29 is 19.1 Å². The van der Waals surface area contributed by atoms with Crippen molar-refractivity contribution >= 4 is 20.2 Å². The Balaban J connectivity index is 2.14. The van der Waals surface area contributed by atoms with Gasteiger partial charge in [-0.2, -0.15) is 0 Å². The van der Waals surface area contributed by atoms with E-state index < -0.39 is 14.3 Å². The number of carbonyl (C=O) groups is 2. The molecular formula is C13H21NO4Si. The standard InChI is InChI=1S/C13H21NO4Si/c1-7-6-9(13(16)17)14-11(7)10(12(14)15)8(2)18-19(3,4)5/h6-8,10-11H,1-5H3,(H,16,17)/t7?,8-,10?,11?/m1/s1. The van der Waals surface area contributed by atoms with Gasteiger partial charge in [0.1, 0.15) is 5.70 Å². The minimum Gasteiger partial charge on any atom is -0.477 e. The minimum atomic E-state index is -1.70. The molecule has 0 bridgehead atoms. The van der Waals surface area contributed by atoms with Crippen molar-refractivity contribution in [2.24, 2.45) is 11.8 Å². The minimum absolute atomic E-state index is 0.0510. The SMILES string of the molecule is CC1C=C(C(=O)O)N2C(=O)C([C@@H](C)O[Si](C)(C)C)C12. The van der Waals surface area contributed by atoms with Gasteiger partial charge in [0.25, 0.3) is 0 Å². The molecule has 1 fully saturated rings. The number of rotatable bonds is 4. The summed E-state index contributed by atoms with van der Waals surface area (Å²) >= 11 is 0. The average Bonchev–Trinajstić information content (AvgIpc) is 2.49. The largest absolute Gasteiger partial charge is 0.477 e. The zero-order valence-electron chi connectivity index (χ0n) is 12.0. The van der Waals surface area contributed by atoms with E-state index in [4.69, 9.17) is 9.53 Å². The fraction of sp³-hybridized carbons (Fsp3) is 0.692. The van der Waals surface area contributed by atoms with Crippen LogP contribution in [0, 0.1) is 11.8 Å². The lowest BCUT2D eigenvalue weighted by atomic mass is 9.79. The van der Waals surface area contributed by atoms with Crippen molar-refractivity contribution in [1.29, 1.82) is 0 Å². The lowest BCUT2D eigenvalue weighted by Crippen LogP contribution is -2.64. The maximum Gasteiger partial charge on any atom is 0.352 e. The number of aliphatic carboxylic acids is 1. The molecule has 1 saturated heterocycles. The molecule has 0 spiro atoms. The first-order chi connectivity index (χ1) is 8.63. The molecule has 0 radical (unpaired) electrons. The number of carbonyl (C=O) groups excluding carboxylic acids is 1. The summed E-state index contributed by atoms with van der Waals surface area (Å²) in [5, 5.41) is 9.10. The van der Waals surface area contributed by atoms with Crippen LogP contribution in [-0.4, -0.2) is 42.3 Å². The molecule has 106 valence electrons. The highest BCUT2D eigenvalue weighted by Crippen LogP contribution is 2.44. The van der Waals surface area contributed by atoms with E-state index in [1.165, 1.54) is 4.90 Å². The Morgan fingerprint density at radius 3 is 2.53 bits per heavy atom. The third-order valence-electron chi connectivity index (χ3n) is 3.67. The molecule has 2 heterocycles. The molecular weight excluding hydrogens is 262 g/mol. The van der Waals surface area contributed by atoms with Gasteiger partial charge < -0.3 is 14.4 Å². The molecule has 0 aromatic carbocycles. The zero-order chi connectivity index (χ0) is 14.5. The lowest BCUT2D eigenvalue weighted by molar-refractivity contribution is -0.162. The van der Waals surface area contributed by atoms with Crippen LogP contribution in [0.4, 0.5) is 0 Å². The van der Waals surface area contributed by atoms with Gasteiger partial charge in [0.15, 0.2) is 8.32 Å². The number of amides is 1. The van der Waals surface area contributed by atoms with Crippen molar-refractivity contribution in [3.63, 3.8) is 0 Å². The highest BCUT2D eigenvalue weighted by Gasteiger charge is 2.57. The molecule has 0 aromatic heterocycles. The Labute approximate surface area is 114 Å². The van der Waals surface area contributed by atoms with Crippen LogP contribution in [0.2, 0.25) is 19.6 Å². The first-order valence-electron chi connectivity index (χ1n) is 6.59. The second kappa shape index (κ2) is 4.45. The average molecular weight is 283 g/mol. The number of hydrogen-bond acceptors (Lipinski definition) is 3. The predicted molar refractivity (Wildman–Crippen MR) is 72.9 cm³/mol. The fourth-order valence-corrected chi connectivity index (χ4v) is 4.35. The molecule has 1 amide bonds. The molecule has 4 atom stereocenters. The van der Waals surface area contributed by atoms with Crippen LogP contribution in [0.5, 0.6) is 0 Å². The van der Waals surface area contributed by atoms with E-state index in [0.29, 0.717) is 0 Å². The molecule has 0 aliphatic carbocycles. The summed E-state index contributed by atoms with van der Waals surface area (Å²) in [6.45, 7) is 10.1. The van der Waals surface area contributed by atoms with E-state index in [2.05, 4.69) is 19.6 Å². The first-order valence-corrected chi connectivity index (χ1v) is 10.0. The van der Waals surface area contributed by atoms with Crippen LogP contribution >= 0.6 is 0 Å². The summed E-state index contributed by atoms with van der Waals surface area (Å²) in [5.41, 5.74) is 0.124. The summed E-state index contributed by atoms with van der Waals surface area (Å²) in [4.78, 5) is 24.7. The first kappa shape index (κ1) is 14.3. The normalized spacial score (nSPS) is 31.6. The lowest BCUT2D eigenvalue weighted by Gasteiger charge is -2.48. The quantitative estimate of drug-likeness (QED) is 0.629. The van der Waals surface area contributed by atoms with Crippen molar-refractivity contribution in [3.8, 4) is 0 Å². The van der Waals surface area contributed by atoms with Gasteiger partial charge in [-0.05, 0) is 38.6 Å². The van der Waals surface area contributed by atoms with E-state index in [-0.39, 0.29) is 35.6 Å². The number of fused-ring (bicyclic) bond motifs is 1. The van der Waals surface area contributed by atoms with Crippen molar-refractivity contribution in [3.05, 3.63) is 11.8 Å². The number of β-lactam (4-membered cyclic amide) rings is 1. The van der Waals surface area contributed by atoms with Crippen LogP contribution < -0.4 is 0 Å². The van der Waals surface area contributed by atoms with Gasteiger partial charge in [-0.15, -0.1) is 0 Å². The van der Waals surface area contributed by atoms with E-state index in [0.717, 1.165) is 0 Å². The third kappa shape index (κ3) is 2.34. The third-order valence-corrected chi connectivity index (χ3v) is 4.75. The van der Waals surface area contributed by atoms with Gasteiger partial charge in [0, 0.05) is 0 Å². The molecule has 1 N–H and O–H groups in total. The van der Waals surface area contributed by atoms with Gasteiger partial charge in [-0.3, -0.25) is 4.79 Å². The van der Waals surface area contributed by atoms with Gasteiger partial charge in [-0.25, -0.2) is 4.79 Å². The Morgan fingerprint density at radius 1 is 1.47 bits per heavy atom. The van der Waals surface area contributed by atoms with Crippen LogP contribution in [0.25, 0.3) is 0 Å². The molecule has 19 heavy (non-hydrogen) atoms. The summed E-state index contributed by atoms with van der Waals surface area (Å²) in [6, 6.07) is -0.0510. The van der Waals surface area contributed by atoms with Gasteiger partial charge in [0.2, 0.25) is 5.91 Å². The Bertz CT molecular complexity index is 454. The number of carboxylic acids is 1. The molecule has 0 saturated carbocycles. The number of hydrogen-bond donors (Lipinski definition) is 1. The topological polar surface area (TPSA) is 66.8 Å². The summed E-state index contributed by atoms with van der Waals surface area (Å²) < 4.78 is 5.99. The Hall–Kier alpha value is -1.14. The molecule has 0 aromatic rings. The monoisotopic (exact) mass is 283 g/mol. The molecule has 3 unspecified atom stereocenters. The van der Waals surface area contributed by atoms with E-state index in [9.17, 15) is 9.59 Å². The van der Waals surface area contributed by atoms with Crippen molar-refractivity contribution in [2.75, 3.05) is 0 Å². The smallest absolute Gasteiger partial charge is 0.352 e. The van der Waals surface area contributed by atoms with E-state index in [1.54, 1.807) is 6.08 Å². The van der Waals surface area contributed by atoms with Gasteiger partial charge in [0.05, 0.1) is 18.1 Å². The maximum atomic E-state index is 12.2. The van der Waals surface area contributed by atoms with Crippen LogP contribution in [0.15, 0.2) is 11.8 Å². The van der Waals surface area contributed by atoms with Crippen molar-refractivity contribution in [1.82, 2.24) is 4.90 Å². The summed E-state index contributed by atoms with van der Waals surface area (Å²) in [7, 11) is -1.70. The van der Waals surface area contributed by atoms with Crippen LogP contribution in [0.3, 0.4) is 0 Å². The Kier molecular flexibility index (Phi) is 3.34. The predicted octanol–water partition coefficient (Wildman–Crippen LogP) is 1.67. The van der Waals surface area contributed by atoms with Crippen molar-refractivity contribution in [2.45, 2.75) is 45.6 Å². The highest BCUT2D eigenvalue weighted by atomic mass is 28.4. The second-order valence-corrected chi connectivity index (χ2v) is 10.8. The molecule has 6 heteroatoms. The fourth-order valence-electron chi connectivity index (χ4n) is 3.09. The van der Waals surface area contributed by atoms with E-state index >= 15 is 0 Å². The zero-order valence-corrected chi connectivity index (χ0v) is 13.0. The maximum absolute atomic E-state index is 12.2. The summed E-state index contributed by atoms with van der Waals surface area (Å²) in [6.07, 6.45) is 1.52. The molecule has 2 aliphatic heterocycles. The highest BCUT2D eigenvalue weighted by molar-refractivity contribution is 6.69. The van der Waals surface area contributed by atoms with Gasteiger partial charge >= 0.3 is 5.97 Å². The van der Waals surface area contributed by atoms with E-state index in [1.807, 2.05) is 13.8 Å². The summed E-state index contributed by atoms with van der Waals surface area (Å²) in [5.74, 6) is -1.29. The second-order valence-electron chi connectivity index (χ2n) is 6.38. The molecule has 5 nitrogen and oxygen atoms in total. The van der Waals surface area contributed by atoms with Gasteiger partial charge in [-0.1, -0.05) is 6.92 Å². The molecule has 2 rings (SSSR count). The molecule has 2 aliphatic rings. The Morgan fingerprint density at radius 2 is 2.05 bits per heavy atom. The van der Waals surface area contributed by atoms with Crippen LogP contribution in [-0.2, 0) is 14.0 Å². The van der Waals surface area contributed by atoms with Crippen LogP contribution in [0.1, 0.15) is 13.8 Å². The number of nitrogens with zero attached hydrogens (tertiary/aromatic N) is 1.